The highest BCUT2D eigenvalue weighted by molar-refractivity contribution is 7.09. The first-order valence-electron chi connectivity index (χ1n) is 6.84. The van der Waals surface area contributed by atoms with E-state index < -0.39 is 0 Å². The Morgan fingerprint density at radius 2 is 2.05 bits per heavy atom. The van der Waals surface area contributed by atoms with Crippen molar-refractivity contribution in [3.05, 3.63) is 44.9 Å². The smallest absolute Gasteiger partial charge is 0.125 e. The van der Waals surface area contributed by atoms with E-state index in [1.807, 2.05) is 25.2 Å². The average molecular weight is 325 g/mol. The summed E-state index contributed by atoms with van der Waals surface area (Å²) in [5.41, 5.74) is 2.06. The molecule has 0 radical (unpaired) electrons. The third kappa shape index (κ3) is 3.39. The molecule has 1 heterocycles. The van der Waals surface area contributed by atoms with Crippen LogP contribution in [0.1, 0.15) is 43.1 Å². The Morgan fingerprint density at radius 3 is 2.57 bits per heavy atom. The summed E-state index contributed by atoms with van der Waals surface area (Å²) in [5, 5.41) is 7.09. The van der Waals surface area contributed by atoms with E-state index in [-0.39, 0.29) is 11.5 Å². The number of methoxy groups -OCH3 is 1. The van der Waals surface area contributed by atoms with Crippen molar-refractivity contribution in [3.63, 3.8) is 0 Å². The summed E-state index contributed by atoms with van der Waals surface area (Å²) in [4.78, 5) is 4.79. The molecular weight excluding hydrogens is 304 g/mol. The second-order valence-corrected chi connectivity index (χ2v) is 7.20. The Morgan fingerprint density at radius 1 is 1.33 bits per heavy atom. The number of rotatable bonds is 4. The van der Waals surface area contributed by atoms with Gasteiger partial charge in [0.15, 0.2) is 0 Å². The van der Waals surface area contributed by atoms with Gasteiger partial charge in [-0.2, -0.15) is 0 Å². The van der Waals surface area contributed by atoms with Gasteiger partial charge in [0.05, 0.1) is 18.8 Å². The van der Waals surface area contributed by atoms with Crippen LogP contribution in [0.2, 0.25) is 5.02 Å². The van der Waals surface area contributed by atoms with Crippen LogP contribution in [0.3, 0.4) is 0 Å². The highest BCUT2D eigenvalue weighted by Gasteiger charge is 2.25. The van der Waals surface area contributed by atoms with Crippen LogP contribution < -0.4 is 10.1 Å². The second kappa shape index (κ2) is 6.34. The van der Waals surface area contributed by atoms with Crippen LogP contribution >= 0.6 is 22.9 Å². The quantitative estimate of drug-likeness (QED) is 0.904. The zero-order valence-electron chi connectivity index (χ0n) is 13.0. The van der Waals surface area contributed by atoms with Gasteiger partial charge < -0.3 is 10.1 Å². The zero-order chi connectivity index (χ0) is 15.6. The fraction of sp³-hybridized carbons (Fsp3) is 0.438. The van der Waals surface area contributed by atoms with Gasteiger partial charge in [-0.1, -0.05) is 38.4 Å². The molecule has 1 aromatic heterocycles. The molecule has 0 spiro atoms. The Balaban J connectivity index is 2.48. The maximum Gasteiger partial charge on any atom is 0.125 e. The van der Waals surface area contributed by atoms with Crippen LogP contribution in [0.25, 0.3) is 0 Å². The SMILES string of the molecule is CNC(c1nc(C(C)(C)C)cs1)c1c(Cl)cccc1OC. The van der Waals surface area contributed by atoms with Crippen molar-refractivity contribution in [2.24, 2.45) is 0 Å². The molecule has 0 aliphatic heterocycles. The Bertz CT molecular complexity index is 619. The predicted molar refractivity (Wildman–Crippen MR) is 89.7 cm³/mol. The highest BCUT2D eigenvalue weighted by atomic mass is 35.5. The zero-order valence-corrected chi connectivity index (χ0v) is 14.6. The molecule has 0 aliphatic rings. The monoisotopic (exact) mass is 324 g/mol. The van der Waals surface area contributed by atoms with Crippen LogP contribution in [0, 0.1) is 0 Å². The van der Waals surface area contributed by atoms with Crippen molar-refractivity contribution in [3.8, 4) is 5.75 Å². The number of nitrogens with zero attached hydrogens (tertiary/aromatic N) is 1. The molecule has 1 atom stereocenters. The average Bonchev–Trinajstić information content (AvgIpc) is 2.91. The van der Waals surface area contributed by atoms with Gasteiger partial charge in [-0.25, -0.2) is 4.98 Å². The van der Waals surface area contributed by atoms with Crippen LogP contribution in [0.15, 0.2) is 23.6 Å². The summed E-state index contributed by atoms with van der Waals surface area (Å²) >= 11 is 8.03. The molecule has 114 valence electrons. The minimum atomic E-state index is -0.0743. The van der Waals surface area contributed by atoms with Gasteiger partial charge in [0.25, 0.3) is 0 Å². The highest BCUT2D eigenvalue weighted by Crippen LogP contribution is 2.37. The van der Waals surface area contributed by atoms with Crippen molar-refractivity contribution >= 4 is 22.9 Å². The van der Waals surface area contributed by atoms with E-state index in [0.717, 1.165) is 22.0 Å². The third-order valence-corrected chi connectivity index (χ3v) is 4.59. The molecule has 0 fully saturated rings. The standard InChI is InChI=1S/C16H21ClN2OS/c1-16(2,3)12-9-21-15(19-12)14(18-4)13-10(17)7-6-8-11(13)20-5/h6-9,14,18H,1-5H3. The first kappa shape index (κ1) is 16.3. The largest absolute Gasteiger partial charge is 0.496 e. The topological polar surface area (TPSA) is 34.2 Å². The number of aromatic nitrogens is 1. The summed E-state index contributed by atoms with van der Waals surface area (Å²) in [7, 11) is 3.57. The van der Waals surface area contributed by atoms with E-state index in [1.165, 1.54) is 0 Å². The molecular formula is C16H21ClN2OS. The minimum Gasteiger partial charge on any atom is -0.496 e. The maximum absolute atomic E-state index is 6.39. The summed E-state index contributed by atoms with van der Waals surface area (Å²) in [6.45, 7) is 6.49. The Hall–Kier alpha value is -1.10. The minimum absolute atomic E-state index is 0.0393. The molecule has 1 unspecified atom stereocenters. The molecule has 2 rings (SSSR count). The number of halogens is 1. The molecule has 0 saturated carbocycles. The maximum atomic E-state index is 6.39. The lowest BCUT2D eigenvalue weighted by Gasteiger charge is -2.19. The van der Waals surface area contributed by atoms with Gasteiger partial charge in [-0.15, -0.1) is 11.3 Å². The third-order valence-electron chi connectivity index (χ3n) is 3.35. The molecule has 0 aliphatic carbocycles. The molecule has 0 bridgehead atoms. The van der Waals surface area contributed by atoms with Crippen LogP contribution in [0.4, 0.5) is 0 Å². The number of nitrogens with one attached hydrogen (secondary N) is 1. The number of thiazole rings is 1. The summed E-state index contributed by atoms with van der Waals surface area (Å²) in [6.07, 6.45) is 0. The van der Waals surface area contributed by atoms with E-state index >= 15 is 0 Å². The van der Waals surface area contributed by atoms with Crippen LogP contribution in [-0.2, 0) is 5.41 Å². The van der Waals surface area contributed by atoms with Gasteiger partial charge in [0.2, 0.25) is 0 Å². The summed E-state index contributed by atoms with van der Waals surface area (Å²) in [5.74, 6) is 0.773. The van der Waals surface area contributed by atoms with E-state index in [9.17, 15) is 0 Å². The van der Waals surface area contributed by atoms with Crippen molar-refractivity contribution in [1.82, 2.24) is 10.3 Å². The lowest BCUT2D eigenvalue weighted by molar-refractivity contribution is 0.405. The molecule has 21 heavy (non-hydrogen) atoms. The molecule has 5 heteroatoms. The van der Waals surface area contributed by atoms with E-state index in [2.05, 4.69) is 31.5 Å². The number of benzene rings is 1. The van der Waals surface area contributed by atoms with Crippen molar-refractivity contribution in [2.45, 2.75) is 32.2 Å². The van der Waals surface area contributed by atoms with Crippen molar-refractivity contribution in [1.29, 1.82) is 0 Å². The Kier molecular flexibility index (Phi) is 4.91. The second-order valence-electron chi connectivity index (χ2n) is 5.90. The first-order valence-corrected chi connectivity index (χ1v) is 8.09. The van der Waals surface area contributed by atoms with Crippen molar-refractivity contribution in [2.75, 3.05) is 14.2 Å². The molecule has 0 amide bonds. The first-order chi connectivity index (χ1) is 9.88. The number of hydrogen-bond donors (Lipinski definition) is 1. The molecule has 1 N–H and O–H groups in total. The molecule has 2 aromatic rings. The van der Waals surface area contributed by atoms with Crippen LogP contribution in [-0.4, -0.2) is 19.1 Å². The predicted octanol–water partition coefficient (Wildman–Crippen LogP) is 4.41. The molecule has 1 aromatic carbocycles. The summed E-state index contributed by atoms with van der Waals surface area (Å²) < 4.78 is 5.46. The van der Waals surface area contributed by atoms with Crippen LogP contribution in [0.5, 0.6) is 5.75 Å². The molecule has 3 nitrogen and oxygen atoms in total. The normalized spacial score (nSPS) is 13.2. The van der Waals surface area contributed by atoms with Gasteiger partial charge in [-0.3, -0.25) is 0 Å². The van der Waals surface area contributed by atoms with Crippen molar-refractivity contribution < 1.29 is 4.74 Å². The van der Waals surface area contributed by atoms with E-state index in [0.29, 0.717) is 5.02 Å². The lowest BCUT2D eigenvalue weighted by atomic mass is 9.93. The number of hydrogen-bond acceptors (Lipinski definition) is 4. The van der Waals surface area contributed by atoms with E-state index in [1.54, 1.807) is 18.4 Å². The number of ether oxygens (including phenoxy) is 1. The van der Waals surface area contributed by atoms with E-state index in [4.69, 9.17) is 21.3 Å². The van der Waals surface area contributed by atoms with Gasteiger partial charge >= 0.3 is 0 Å². The molecule has 0 saturated heterocycles. The fourth-order valence-electron chi connectivity index (χ4n) is 2.13. The summed E-state index contributed by atoms with van der Waals surface area (Å²) in [6, 6.07) is 5.61. The van der Waals surface area contributed by atoms with Gasteiger partial charge in [-0.05, 0) is 19.2 Å². The fourth-order valence-corrected chi connectivity index (χ4v) is 3.57. The Labute approximate surface area is 135 Å². The van der Waals surface area contributed by atoms with Gasteiger partial charge in [0, 0.05) is 21.4 Å². The van der Waals surface area contributed by atoms with Gasteiger partial charge in [0.1, 0.15) is 10.8 Å². The lowest BCUT2D eigenvalue weighted by Crippen LogP contribution is -2.19.